The van der Waals surface area contributed by atoms with E-state index in [0.29, 0.717) is 58.5 Å². The Morgan fingerprint density at radius 1 is 1.05 bits per heavy atom. The lowest BCUT2D eigenvalue weighted by atomic mass is 9.94. The Kier molecular flexibility index (Phi) is 6.21. The van der Waals surface area contributed by atoms with E-state index in [1.54, 1.807) is 23.1 Å². The zero-order chi connectivity index (χ0) is 26.2. The SMILES string of the molecule is CC1=C(C(=O)Nc2ccc(C)c(Cl)c2)C(c2ccc3c(c2)OCCCO3)n2nc(-c3ccncc3)nc2N1. The van der Waals surface area contributed by atoms with Gasteiger partial charge in [0.25, 0.3) is 5.91 Å². The Bertz CT molecular complexity index is 1570. The number of carbonyl (C=O) groups is 1. The molecule has 4 heterocycles. The van der Waals surface area contributed by atoms with Crippen LogP contribution in [0.2, 0.25) is 5.02 Å². The number of nitrogens with one attached hydrogen (secondary N) is 2. The number of nitrogens with zero attached hydrogens (tertiary/aromatic N) is 4. The molecule has 9 nitrogen and oxygen atoms in total. The van der Waals surface area contributed by atoms with Gasteiger partial charge in [-0.2, -0.15) is 4.98 Å². The summed E-state index contributed by atoms with van der Waals surface area (Å²) in [5, 5.41) is 11.7. The van der Waals surface area contributed by atoms with Gasteiger partial charge in [0.05, 0.1) is 18.8 Å². The molecule has 0 saturated heterocycles. The van der Waals surface area contributed by atoms with Gasteiger partial charge in [0.1, 0.15) is 6.04 Å². The quantitative estimate of drug-likeness (QED) is 0.366. The minimum Gasteiger partial charge on any atom is -0.490 e. The molecule has 2 aliphatic rings. The molecule has 0 fully saturated rings. The van der Waals surface area contributed by atoms with Crippen LogP contribution in [0.1, 0.15) is 30.5 Å². The molecule has 10 heteroatoms. The van der Waals surface area contributed by atoms with Crippen LogP contribution in [0.15, 0.2) is 72.2 Å². The number of allylic oxidation sites excluding steroid dienone is 1. The normalized spacial score (nSPS) is 16.3. The number of aromatic nitrogens is 4. The number of fused-ring (bicyclic) bond motifs is 2. The first-order chi connectivity index (χ1) is 18.5. The number of aryl methyl sites for hydroxylation is 1. The number of pyridine rings is 1. The average molecular weight is 529 g/mol. The third-order valence-corrected chi connectivity index (χ3v) is 6.96. The second-order valence-corrected chi connectivity index (χ2v) is 9.59. The van der Waals surface area contributed by atoms with E-state index in [4.69, 9.17) is 31.2 Å². The van der Waals surface area contributed by atoms with Crippen molar-refractivity contribution in [2.75, 3.05) is 23.8 Å². The van der Waals surface area contributed by atoms with Gasteiger partial charge in [0, 0.05) is 40.8 Å². The molecule has 1 atom stereocenters. The molecular weight excluding hydrogens is 504 g/mol. The maximum atomic E-state index is 13.8. The van der Waals surface area contributed by atoms with Crippen LogP contribution in [0, 0.1) is 6.92 Å². The summed E-state index contributed by atoms with van der Waals surface area (Å²) < 4.78 is 13.5. The molecule has 0 radical (unpaired) electrons. The van der Waals surface area contributed by atoms with Crippen molar-refractivity contribution < 1.29 is 14.3 Å². The van der Waals surface area contributed by atoms with Gasteiger partial charge in [0.15, 0.2) is 17.3 Å². The van der Waals surface area contributed by atoms with Crippen molar-refractivity contribution in [3.63, 3.8) is 0 Å². The number of ether oxygens (including phenoxy) is 2. The molecule has 1 unspecified atom stereocenters. The van der Waals surface area contributed by atoms with Crippen LogP contribution < -0.4 is 20.1 Å². The molecule has 192 valence electrons. The first-order valence-electron chi connectivity index (χ1n) is 12.3. The van der Waals surface area contributed by atoms with Crippen LogP contribution >= 0.6 is 11.6 Å². The number of anilines is 2. The van der Waals surface area contributed by atoms with E-state index in [9.17, 15) is 4.79 Å². The summed E-state index contributed by atoms with van der Waals surface area (Å²) in [7, 11) is 0. The molecule has 6 rings (SSSR count). The van der Waals surface area contributed by atoms with Gasteiger partial charge in [-0.15, -0.1) is 5.10 Å². The Labute approximate surface area is 224 Å². The second kappa shape index (κ2) is 9.83. The fourth-order valence-corrected chi connectivity index (χ4v) is 4.78. The van der Waals surface area contributed by atoms with Crippen molar-refractivity contribution in [2.24, 2.45) is 0 Å². The van der Waals surface area contributed by atoms with Gasteiger partial charge in [-0.1, -0.05) is 23.7 Å². The third kappa shape index (κ3) is 4.45. The number of carbonyl (C=O) groups excluding carboxylic acids is 1. The van der Waals surface area contributed by atoms with E-state index >= 15 is 0 Å². The Hall–Kier alpha value is -4.37. The lowest BCUT2D eigenvalue weighted by Gasteiger charge is -2.29. The van der Waals surface area contributed by atoms with E-state index in [1.165, 1.54) is 0 Å². The number of rotatable bonds is 4. The van der Waals surface area contributed by atoms with Gasteiger partial charge in [0.2, 0.25) is 5.95 Å². The number of halogens is 1. The molecule has 2 N–H and O–H groups in total. The molecule has 0 aliphatic carbocycles. The van der Waals surface area contributed by atoms with Gasteiger partial charge < -0.3 is 20.1 Å². The minimum atomic E-state index is -0.576. The lowest BCUT2D eigenvalue weighted by Crippen LogP contribution is -2.31. The van der Waals surface area contributed by atoms with E-state index in [2.05, 4.69) is 15.6 Å². The maximum Gasteiger partial charge on any atom is 0.255 e. The molecule has 38 heavy (non-hydrogen) atoms. The highest BCUT2D eigenvalue weighted by atomic mass is 35.5. The van der Waals surface area contributed by atoms with Crippen LogP contribution in [-0.4, -0.2) is 38.9 Å². The third-order valence-electron chi connectivity index (χ3n) is 6.55. The van der Waals surface area contributed by atoms with Crippen LogP contribution in [0.4, 0.5) is 11.6 Å². The van der Waals surface area contributed by atoms with Gasteiger partial charge in [-0.25, -0.2) is 4.68 Å². The molecule has 1 amide bonds. The van der Waals surface area contributed by atoms with Crippen LogP contribution in [-0.2, 0) is 4.79 Å². The predicted octanol–water partition coefficient (Wildman–Crippen LogP) is 5.39. The smallest absolute Gasteiger partial charge is 0.255 e. The zero-order valence-electron chi connectivity index (χ0n) is 20.9. The Morgan fingerprint density at radius 2 is 1.84 bits per heavy atom. The monoisotopic (exact) mass is 528 g/mol. The van der Waals surface area contributed by atoms with Crippen molar-refractivity contribution >= 4 is 29.1 Å². The Balaban J connectivity index is 1.45. The van der Waals surface area contributed by atoms with Crippen molar-refractivity contribution in [3.8, 4) is 22.9 Å². The van der Waals surface area contributed by atoms with Gasteiger partial charge in [-0.3, -0.25) is 9.78 Å². The summed E-state index contributed by atoms with van der Waals surface area (Å²) in [5.74, 6) is 2.09. The summed E-state index contributed by atoms with van der Waals surface area (Å²) in [6.45, 7) is 4.92. The van der Waals surface area contributed by atoms with Crippen LogP contribution in [0.5, 0.6) is 11.5 Å². The molecule has 0 saturated carbocycles. The summed E-state index contributed by atoms with van der Waals surface area (Å²) in [6.07, 6.45) is 4.18. The van der Waals surface area contributed by atoms with E-state index in [1.807, 2.05) is 56.3 Å². The van der Waals surface area contributed by atoms with E-state index in [0.717, 1.165) is 23.1 Å². The molecule has 2 aromatic heterocycles. The first-order valence-corrected chi connectivity index (χ1v) is 12.7. The van der Waals surface area contributed by atoms with Crippen molar-refractivity contribution in [2.45, 2.75) is 26.3 Å². The molecule has 2 aromatic carbocycles. The van der Waals surface area contributed by atoms with Crippen molar-refractivity contribution in [1.29, 1.82) is 0 Å². The fraction of sp³-hybridized carbons (Fsp3) is 0.214. The molecule has 0 spiro atoms. The molecule has 4 aromatic rings. The maximum absolute atomic E-state index is 13.8. The van der Waals surface area contributed by atoms with Crippen molar-refractivity contribution in [1.82, 2.24) is 19.7 Å². The summed E-state index contributed by atoms with van der Waals surface area (Å²) in [6, 6.07) is 14.3. The number of benzene rings is 2. The van der Waals surface area contributed by atoms with Gasteiger partial charge >= 0.3 is 0 Å². The minimum absolute atomic E-state index is 0.279. The largest absolute Gasteiger partial charge is 0.490 e. The average Bonchev–Trinajstić information content (AvgIpc) is 3.19. The second-order valence-electron chi connectivity index (χ2n) is 9.18. The number of hydrogen-bond donors (Lipinski definition) is 2. The van der Waals surface area contributed by atoms with Gasteiger partial charge in [-0.05, 0) is 61.4 Å². The van der Waals surface area contributed by atoms with Crippen molar-refractivity contribution in [3.05, 3.63) is 88.3 Å². The first kappa shape index (κ1) is 24.0. The highest BCUT2D eigenvalue weighted by Crippen LogP contribution is 2.40. The highest BCUT2D eigenvalue weighted by molar-refractivity contribution is 6.31. The lowest BCUT2D eigenvalue weighted by molar-refractivity contribution is -0.113. The van der Waals surface area contributed by atoms with E-state index < -0.39 is 6.04 Å². The molecular formula is C28H25ClN6O3. The molecule has 2 aliphatic heterocycles. The highest BCUT2D eigenvalue weighted by Gasteiger charge is 2.35. The van der Waals surface area contributed by atoms with Crippen LogP contribution in [0.3, 0.4) is 0 Å². The summed E-state index contributed by atoms with van der Waals surface area (Å²) >= 11 is 6.32. The summed E-state index contributed by atoms with van der Waals surface area (Å²) in [4.78, 5) is 22.6. The number of hydrogen-bond acceptors (Lipinski definition) is 7. The standard InChI is InChI=1S/C28H25ClN6O3/c1-16-4-6-20(15-21(16)29)32-27(36)24-17(2)31-28-33-26(18-8-10-30-11-9-18)34-35(28)25(24)19-5-7-22-23(14-19)38-13-3-12-37-22/h4-11,14-15,25H,3,12-13H2,1-2H3,(H,32,36)(H,31,33,34). The Morgan fingerprint density at radius 3 is 2.63 bits per heavy atom. The molecule has 0 bridgehead atoms. The topological polar surface area (TPSA) is 103 Å². The zero-order valence-corrected chi connectivity index (χ0v) is 21.6. The fourth-order valence-electron chi connectivity index (χ4n) is 4.60. The van der Waals surface area contributed by atoms with Crippen LogP contribution in [0.25, 0.3) is 11.4 Å². The van der Waals surface area contributed by atoms with E-state index in [-0.39, 0.29) is 5.91 Å². The predicted molar refractivity (Wildman–Crippen MR) is 145 cm³/mol. The number of amides is 1. The summed E-state index contributed by atoms with van der Waals surface area (Å²) in [5.41, 5.74) is 4.33.